The molecule has 56 valence electrons. The fourth-order valence-electron chi connectivity index (χ4n) is 0.848. The molecule has 3 heteroatoms. The van der Waals surface area contributed by atoms with Crippen LogP contribution in [0.4, 0.5) is 0 Å². The topological polar surface area (TPSA) is 43.1 Å². The van der Waals surface area contributed by atoms with Gasteiger partial charge in [-0.2, -0.15) is 0 Å². The van der Waals surface area contributed by atoms with Crippen molar-refractivity contribution >= 4 is 27.1 Å². The monoisotopic (exact) mass is 209 g/mol. The van der Waals surface area contributed by atoms with E-state index in [9.17, 15) is 4.79 Å². The summed E-state index contributed by atoms with van der Waals surface area (Å²) in [4.78, 5) is 10.5. The molecule has 0 heterocycles. The third-order valence-electron chi connectivity index (χ3n) is 1.36. The minimum absolute atomic E-state index is 0.288. The van der Waals surface area contributed by atoms with Crippen LogP contribution in [0.2, 0.25) is 0 Å². The second kappa shape index (κ2) is 3.58. The molecule has 0 aliphatic carbocycles. The van der Waals surface area contributed by atoms with Gasteiger partial charge in [0.1, 0.15) is 0 Å². The number of carbonyl (C=O) groups is 1. The van der Waals surface area contributed by atoms with Crippen LogP contribution in [0.5, 0.6) is 0 Å². The molecule has 0 saturated heterocycles. The first-order valence-corrected chi connectivity index (χ1v) is 4.19. The van der Waals surface area contributed by atoms with Crippen molar-refractivity contribution in [3.8, 4) is 0 Å². The summed E-state index contributed by atoms with van der Waals surface area (Å²) in [5.41, 5.74) is 6.03. The van der Waals surface area contributed by atoms with Crippen molar-refractivity contribution in [2.24, 2.45) is 5.73 Å². The van der Waals surface area contributed by atoms with Crippen molar-refractivity contribution in [2.75, 3.05) is 0 Å². The van der Waals surface area contributed by atoms with Crippen molar-refractivity contribution in [3.05, 3.63) is 29.8 Å². The molecule has 0 bridgehead atoms. The summed E-state index contributed by atoms with van der Waals surface area (Å²) in [6, 6.07) is 7.67. The summed E-state index contributed by atoms with van der Waals surface area (Å²) in [6.07, 6.45) is 0.324. The molecule has 0 atom stereocenters. The number of rotatable bonds is 2. The van der Waals surface area contributed by atoms with Crippen LogP contribution >= 0.6 is 0 Å². The average molecular weight is 209 g/mol. The second-order valence-corrected chi connectivity index (χ2v) is 3.28. The Morgan fingerprint density at radius 3 is 2.64 bits per heavy atom. The Morgan fingerprint density at radius 2 is 2.09 bits per heavy atom. The zero-order valence-corrected chi connectivity index (χ0v) is 7.83. The number of amides is 1. The van der Waals surface area contributed by atoms with Crippen LogP contribution in [0, 0.1) is 0 Å². The summed E-state index contributed by atoms with van der Waals surface area (Å²) in [6.45, 7) is 0. The molecular formula is C8H8AsNO. The summed E-state index contributed by atoms with van der Waals surface area (Å²) < 4.78 is 1.05. The molecule has 0 spiro atoms. The van der Waals surface area contributed by atoms with Crippen LogP contribution in [-0.4, -0.2) is 22.8 Å². The Bertz CT molecular complexity index is 273. The van der Waals surface area contributed by atoms with Gasteiger partial charge in [0.05, 0.1) is 0 Å². The van der Waals surface area contributed by atoms with Gasteiger partial charge in [0.15, 0.2) is 0 Å². The Labute approximate surface area is 74.3 Å². The van der Waals surface area contributed by atoms with Crippen molar-refractivity contribution in [3.63, 3.8) is 0 Å². The van der Waals surface area contributed by atoms with Crippen LogP contribution in [0.1, 0.15) is 5.56 Å². The molecule has 0 saturated carbocycles. The maximum absolute atomic E-state index is 10.5. The molecule has 2 radical (unpaired) electrons. The van der Waals surface area contributed by atoms with Gasteiger partial charge in [-0.05, 0) is 0 Å². The maximum atomic E-state index is 10.5. The first-order valence-electron chi connectivity index (χ1n) is 3.25. The third-order valence-corrected chi connectivity index (χ3v) is 2.27. The molecule has 1 aromatic rings. The molecule has 1 aromatic carbocycles. The molecule has 0 unspecified atom stereocenters. The van der Waals surface area contributed by atoms with E-state index in [1.807, 2.05) is 24.3 Å². The summed E-state index contributed by atoms with van der Waals surface area (Å²) in [7, 11) is 0. The number of carbonyl (C=O) groups excluding carboxylic acids is 1. The molecule has 11 heavy (non-hydrogen) atoms. The molecule has 0 fully saturated rings. The van der Waals surface area contributed by atoms with Gasteiger partial charge in [0.25, 0.3) is 0 Å². The van der Waals surface area contributed by atoms with Gasteiger partial charge in [-0.15, -0.1) is 0 Å². The molecule has 2 N–H and O–H groups in total. The van der Waals surface area contributed by atoms with Gasteiger partial charge in [-0.1, -0.05) is 0 Å². The van der Waals surface area contributed by atoms with E-state index in [1.165, 1.54) is 0 Å². The van der Waals surface area contributed by atoms with Gasteiger partial charge >= 0.3 is 73.9 Å². The molecule has 2 nitrogen and oxygen atoms in total. The molecule has 1 rings (SSSR count). The normalized spacial score (nSPS) is 9.55. The van der Waals surface area contributed by atoms with E-state index in [1.54, 1.807) is 0 Å². The van der Waals surface area contributed by atoms with Crippen LogP contribution in [0.3, 0.4) is 0 Å². The summed E-state index contributed by atoms with van der Waals surface area (Å²) >= 11 is 2.42. The molecule has 0 aromatic heterocycles. The quantitative estimate of drug-likeness (QED) is 0.656. The Morgan fingerprint density at radius 1 is 1.45 bits per heavy atom. The SMILES string of the molecule is NC(=O)Cc1ccccc1[As]. The van der Waals surface area contributed by atoms with E-state index >= 15 is 0 Å². The zero-order chi connectivity index (χ0) is 8.27. The van der Waals surface area contributed by atoms with E-state index in [0.717, 1.165) is 9.91 Å². The van der Waals surface area contributed by atoms with Crippen molar-refractivity contribution in [1.82, 2.24) is 0 Å². The number of nitrogens with two attached hydrogens (primary N) is 1. The predicted octanol–water partition coefficient (Wildman–Crippen LogP) is -0.492. The minimum atomic E-state index is -0.288. The van der Waals surface area contributed by atoms with E-state index in [2.05, 4.69) is 16.9 Å². The number of benzene rings is 1. The van der Waals surface area contributed by atoms with Gasteiger partial charge < -0.3 is 0 Å². The zero-order valence-electron chi connectivity index (χ0n) is 5.95. The van der Waals surface area contributed by atoms with Crippen molar-refractivity contribution < 1.29 is 4.79 Å². The van der Waals surface area contributed by atoms with E-state index in [4.69, 9.17) is 5.73 Å². The molecular weight excluding hydrogens is 201 g/mol. The first kappa shape index (κ1) is 8.35. The van der Waals surface area contributed by atoms with Crippen LogP contribution in [0.15, 0.2) is 24.3 Å². The fraction of sp³-hybridized carbons (Fsp3) is 0.125. The Kier molecular flexibility index (Phi) is 2.72. The third kappa shape index (κ3) is 2.39. The molecule has 0 aliphatic rings. The number of primary amides is 1. The van der Waals surface area contributed by atoms with E-state index < -0.39 is 0 Å². The first-order chi connectivity index (χ1) is 5.20. The van der Waals surface area contributed by atoms with E-state index in [0.29, 0.717) is 6.42 Å². The van der Waals surface area contributed by atoms with Gasteiger partial charge in [-0.3, -0.25) is 0 Å². The van der Waals surface area contributed by atoms with Gasteiger partial charge in [0.2, 0.25) is 0 Å². The van der Waals surface area contributed by atoms with E-state index in [-0.39, 0.29) is 5.91 Å². The number of hydrogen-bond donors (Lipinski definition) is 1. The molecule has 1 amide bonds. The number of hydrogen-bond acceptors (Lipinski definition) is 1. The van der Waals surface area contributed by atoms with Crippen LogP contribution < -0.4 is 10.1 Å². The summed E-state index contributed by atoms with van der Waals surface area (Å²) in [5.74, 6) is -0.288. The summed E-state index contributed by atoms with van der Waals surface area (Å²) in [5, 5.41) is 0. The predicted molar refractivity (Wildman–Crippen MR) is 44.7 cm³/mol. The fourth-order valence-corrected chi connectivity index (χ4v) is 1.35. The Hall–Kier alpha value is -0.752. The second-order valence-electron chi connectivity index (χ2n) is 2.27. The average Bonchev–Trinajstić information content (AvgIpc) is 1.93. The molecule has 0 aliphatic heterocycles. The van der Waals surface area contributed by atoms with Crippen molar-refractivity contribution in [1.29, 1.82) is 0 Å². The standard InChI is InChI=1S/C8H8AsNO/c9-7-4-2-1-3-6(7)5-8(10)11/h1-4H,5H2,(H2,10,11). The Balaban J connectivity index is 2.86. The van der Waals surface area contributed by atoms with Gasteiger partial charge in [0, 0.05) is 0 Å². The van der Waals surface area contributed by atoms with Crippen LogP contribution in [0.25, 0.3) is 0 Å². The van der Waals surface area contributed by atoms with Crippen LogP contribution in [-0.2, 0) is 11.2 Å². The van der Waals surface area contributed by atoms with Crippen molar-refractivity contribution in [2.45, 2.75) is 6.42 Å². The van der Waals surface area contributed by atoms with Gasteiger partial charge in [-0.25, -0.2) is 0 Å².